The Kier molecular flexibility index (Phi) is 28.2. The lowest BCUT2D eigenvalue weighted by Crippen LogP contribution is -2.24. The van der Waals surface area contributed by atoms with Crippen LogP contribution in [0.15, 0.2) is 141 Å². The Labute approximate surface area is 544 Å². The summed E-state index contributed by atoms with van der Waals surface area (Å²) in [6.07, 6.45) is 0.989. The molecule has 0 aliphatic heterocycles. The van der Waals surface area contributed by atoms with Crippen molar-refractivity contribution >= 4 is 88.3 Å². The molecule has 0 bridgehead atoms. The fourth-order valence-electron chi connectivity index (χ4n) is 7.34. The van der Waals surface area contributed by atoms with Crippen LogP contribution in [0.4, 0.5) is 0 Å². The van der Waals surface area contributed by atoms with Crippen molar-refractivity contribution in [3.8, 4) is 23.5 Å². The molecule has 0 N–H and O–H groups in total. The van der Waals surface area contributed by atoms with E-state index in [-0.39, 0.29) is 147 Å². The number of esters is 5. The van der Waals surface area contributed by atoms with Crippen LogP contribution in [0.1, 0.15) is 96.8 Å². The molecule has 0 amide bonds. The molecule has 0 unspecified atom stereocenters. The molecular formula is C63H57Cl4N9O16. The molecule has 29 heteroatoms. The van der Waals surface area contributed by atoms with Gasteiger partial charge in [-0.15, -0.1) is 20.4 Å². The molecule has 0 spiro atoms. The van der Waals surface area contributed by atoms with Gasteiger partial charge in [-0.3, -0.25) is 28.8 Å². The molecule has 0 fully saturated rings. The van der Waals surface area contributed by atoms with Gasteiger partial charge in [0.2, 0.25) is 30.1 Å². The molecule has 0 saturated heterocycles. The lowest BCUT2D eigenvalue weighted by molar-refractivity contribution is -0.143. The molecule has 25 nitrogen and oxygen atoms in total. The number of carbonyl (C=O) groups is 7. The van der Waals surface area contributed by atoms with Crippen LogP contribution in [-0.4, -0.2) is 94.2 Å². The second-order valence-electron chi connectivity index (χ2n) is 19.3. The van der Waals surface area contributed by atoms with Gasteiger partial charge in [0.05, 0.1) is 75.0 Å². The fraction of sp³-hybridized carbons (Fsp3) is 0.238. The normalized spacial score (nSPS) is 10.3. The summed E-state index contributed by atoms with van der Waals surface area (Å²) in [4.78, 5) is 131. The first-order valence-electron chi connectivity index (χ1n) is 27.5. The number of Topliss-reactive ketones (excluding diaryl/α,β-unsaturated/α-hetero) is 1. The zero-order valence-corrected chi connectivity index (χ0v) is 53.1. The van der Waals surface area contributed by atoms with Crippen molar-refractivity contribution in [1.29, 1.82) is 0 Å². The highest BCUT2D eigenvalue weighted by Crippen LogP contribution is 2.23. The maximum Gasteiger partial charge on any atom is 0.346 e. The van der Waals surface area contributed by atoms with Crippen LogP contribution in [-0.2, 0) is 45.3 Å². The minimum Gasteiger partial charge on any atom is -0.466 e. The third kappa shape index (κ3) is 23.0. The van der Waals surface area contributed by atoms with E-state index in [9.17, 15) is 52.7 Å². The van der Waals surface area contributed by atoms with Crippen LogP contribution in [0, 0.1) is 34.3 Å². The molecule has 8 aromatic rings. The number of hydrogen-bond donors (Lipinski definition) is 0. The summed E-state index contributed by atoms with van der Waals surface area (Å²) in [5.74, 6) is -3.34. The van der Waals surface area contributed by atoms with Crippen LogP contribution < -0.4 is 41.2 Å². The molecule has 4 aromatic heterocycles. The zero-order valence-electron chi connectivity index (χ0n) is 50.1. The molecular weight excluding hydrogens is 1280 g/mol. The van der Waals surface area contributed by atoms with Gasteiger partial charge in [0, 0.05) is 61.4 Å². The summed E-state index contributed by atoms with van der Waals surface area (Å²) < 4.78 is 29.6. The van der Waals surface area contributed by atoms with Gasteiger partial charge in [-0.2, -0.15) is 0 Å². The molecule has 0 radical (unpaired) electrons. The molecule has 0 aliphatic rings. The zero-order chi connectivity index (χ0) is 67.6. The smallest absolute Gasteiger partial charge is 0.346 e. The van der Waals surface area contributed by atoms with E-state index in [0.29, 0.717) is 6.29 Å². The number of aryl methyl sites for hydroxylation is 7. The van der Waals surface area contributed by atoms with E-state index in [4.69, 9.17) is 76.7 Å². The van der Waals surface area contributed by atoms with Gasteiger partial charge < -0.3 is 33.3 Å². The van der Waals surface area contributed by atoms with E-state index in [1.165, 1.54) is 55.5 Å². The van der Waals surface area contributed by atoms with Gasteiger partial charge in [0.1, 0.15) is 18.6 Å². The van der Waals surface area contributed by atoms with Crippen molar-refractivity contribution in [2.45, 2.75) is 87.0 Å². The third-order valence-electron chi connectivity index (χ3n) is 11.9. The second kappa shape index (κ2) is 35.8. The number of nitrogens with zero attached hydrogens (tertiary/aromatic N) is 9. The molecule has 4 heterocycles. The van der Waals surface area contributed by atoms with E-state index in [2.05, 4.69) is 25.2 Å². The molecule has 0 atom stereocenters. The van der Waals surface area contributed by atoms with Gasteiger partial charge in [-0.1, -0.05) is 70.7 Å². The van der Waals surface area contributed by atoms with Gasteiger partial charge >= 0.3 is 29.8 Å². The van der Waals surface area contributed by atoms with Crippen molar-refractivity contribution in [1.82, 2.24) is 39.1 Å². The first kappa shape index (κ1) is 72.5. The topological polar surface area (TPSA) is 310 Å². The summed E-state index contributed by atoms with van der Waals surface area (Å²) >= 11 is 24.1. The highest BCUT2D eigenvalue weighted by Gasteiger charge is 2.19. The van der Waals surface area contributed by atoms with Gasteiger partial charge in [0.25, 0.3) is 22.2 Å². The number of aldehydes is 1. The summed E-state index contributed by atoms with van der Waals surface area (Å²) in [5, 5.41) is 16.7. The minimum absolute atomic E-state index is 0.0120. The highest BCUT2D eigenvalue weighted by molar-refractivity contribution is 6.35. The number of benzene rings is 4. The van der Waals surface area contributed by atoms with Crippen molar-refractivity contribution in [2.75, 3.05) is 13.2 Å². The third-order valence-corrected chi connectivity index (χ3v) is 13.2. The minimum atomic E-state index is -0.687. The lowest BCUT2D eigenvalue weighted by Gasteiger charge is -2.08. The lowest BCUT2D eigenvalue weighted by atomic mass is 10.1. The van der Waals surface area contributed by atoms with Crippen LogP contribution in [0.3, 0.4) is 0 Å². The Morgan fingerprint density at radius 1 is 0.457 bits per heavy atom. The average Bonchev–Trinajstić information content (AvgIpc) is 1.06. The van der Waals surface area contributed by atoms with E-state index >= 15 is 0 Å². The standard InChI is InChI=1S/C17H17ClN2O5.C16H15ClN2O4.C15H12ClN3O3.C15H13ClN2O4/c1-3-24-16(22)8-9-20-15(21)7-6-14(19-20)25-17(23)12-5-4-11(2)10-13(12)18;1-10-3-4-12(13(17)9-10)16(22)23-14-5-6-15(21)19(18-14)8-7-11(2)20;1-10-3-4-11(12(16)9-10)15(21)22-13-5-6-14(20)19(18-13)8-7-17-2;1-10-3-4-11(12(16)9-10)15(21)22-13-5-6-14(20)18(17-13)7-2-8-19/h4-7,10H,3,8-9H2,1-2H3;3-6,9H,7-8H2,1-2H3;3-6,9H,7-8H2,1H3;3-6,8-9H,2,7H2,1H3. The van der Waals surface area contributed by atoms with Crippen LogP contribution >= 0.6 is 46.4 Å². The number of rotatable bonds is 20. The Hall–Kier alpha value is -10.3. The fourth-order valence-corrected chi connectivity index (χ4v) is 8.58. The number of aromatic nitrogens is 8. The molecule has 0 aliphatic carbocycles. The Bertz CT molecular complexity index is 4330. The monoisotopic (exact) mass is 1340 g/mol. The maximum absolute atomic E-state index is 12.2. The van der Waals surface area contributed by atoms with Crippen LogP contribution in [0.25, 0.3) is 4.85 Å². The predicted molar refractivity (Wildman–Crippen MR) is 337 cm³/mol. The Balaban J connectivity index is 0.000000223. The summed E-state index contributed by atoms with van der Waals surface area (Å²) in [7, 11) is 0. The number of halogens is 4. The van der Waals surface area contributed by atoms with E-state index in [1.54, 1.807) is 79.7 Å². The highest BCUT2D eigenvalue weighted by atomic mass is 35.5. The van der Waals surface area contributed by atoms with Gasteiger partial charge in [-0.05, 0) is 112 Å². The summed E-state index contributed by atoms with van der Waals surface area (Å²) in [6.45, 7) is 18.0. The Morgan fingerprint density at radius 3 is 1.02 bits per heavy atom. The number of hydrogen-bond acceptors (Lipinski definition) is 20. The first-order chi connectivity index (χ1) is 43.8. The molecule has 478 valence electrons. The van der Waals surface area contributed by atoms with Crippen molar-refractivity contribution in [2.24, 2.45) is 0 Å². The SMILES string of the molecule is CC(=O)CCn1nc(OC(=O)c2ccc(C)cc2Cl)ccc1=O.CCOC(=O)CCn1nc(OC(=O)c2ccc(C)cc2Cl)ccc1=O.Cc1ccc(C(=O)Oc2ccc(=O)n(CCC=O)n2)c(Cl)c1.[C-]#[N+]CCn1nc(OC(=O)c2ccc(C)cc2Cl)ccc1=O. The molecule has 0 saturated carbocycles. The largest absolute Gasteiger partial charge is 0.466 e. The molecule has 92 heavy (non-hydrogen) atoms. The second-order valence-corrected chi connectivity index (χ2v) is 20.9. The average molecular weight is 1340 g/mol. The quantitative estimate of drug-likeness (QED) is 0.0390. The van der Waals surface area contributed by atoms with Crippen molar-refractivity contribution < 1.29 is 57.2 Å². The molecule has 4 aromatic carbocycles. The van der Waals surface area contributed by atoms with Crippen LogP contribution in [0.2, 0.25) is 20.1 Å². The summed E-state index contributed by atoms with van der Waals surface area (Å²) in [5.41, 5.74) is 2.96. The Morgan fingerprint density at radius 2 is 0.750 bits per heavy atom. The van der Waals surface area contributed by atoms with Gasteiger partial charge in [0.15, 0.2) is 0 Å². The number of carbonyl (C=O) groups excluding carboxylic acids is 7. The first-order valence-corrected chi connectivity index (χ1v) is 29.0. The molecule has 8 rings (SSSR count). The van der Waals surface area contributed by atoms with E-state index in [0.717, 1.165) is 41.0 Å². The van der Waals surface area contributed by atoms with E-state index in [1.807, 2.05) is 27.7 Å². The van der Waals surface area contributed by atoms with Gasteiger partial charge in [-0.25, -0.2) is 44.5 Å². The number of ketones is 1. The number of ether oxygens (including phenoxy) is 5. The van der Waals surface area contributed by atoms with Crippen LogP contribution in [0.5, 0.6) is 23.5 Å². The predicted octanol–water partition coefficient (Wildman–Crippen LogP) is 9.14. The van der Waals surface area contributed by atoms with Crippen molar-refractivity contribution in [3.05, 3.63) is 239 Å². The maximum atomic E-state index is 12.2. The van der Waals surface area contributed by atoms with E-state index < -0.39 is 35.4 Å². The summed E-state index contributed by atoms with van der Waals surface area (Å²) in [6, 6.07) is 29.8. The van der Waals surface area contributed by atoms with Crippen molar-refractivity contribution in [3.63, 3.8) is 0 Å².